The van der Waals surface area contributed by atoms with Crippen molar-refractivity contribution in [3.63, 3.8) is 0 Å². The summed E-state index contributed by atoms with van der Waals surface area (Å²) in [5, 5.41) is 3.95. The number of nitrogens with two attached hydrogens (primary N) is 1. The molecule has 2 aromatic carbocycles. The molecule has 162 valence electrons. The van der Waals surface area contributed by atoms with Gasteiger partial charge in [-0.1, -0.05) is 48.5 Å². The normalized spacial score (nSPS) is 30.7. The first-order valence-electron chi connectivity index (χ1n) is 11.1. The Morgan fingerprint density at radius 2 is 1.61 bits per heavy atom. The van der Waals surface area contributed by atoms with Crippen LogP contribution in [0.5, 0.6) is 0 Å². The van der Waals surface area contributed by atoms with Crippen LogP contribution in [0.4, 0.5) is 4.79 Å². The van der Waals surface area contributed by atoms with E-state index < -0.39 is 12.1 Å². The van der Waals surface area contributed by atoms with E-state index in [9.17, 15) is 9.59 Å². The molecule has 2 aromatic rings. The molecule has 0 saturated heterocycles. The highest BCUT2D eigenvalue weighted by molar-refractivity contribution is 5.91. The van der Waals surface area contributed by atoms with Crippen LogP contribution in [0.2, 0.25) is 0 Å². The Balaban J connectivity index is 1.48. The van der Waals surface area contributed by atoms with Crippen molar-refractivity contribution in [2.45, 2.75) is 50.1 Å². The minimum absolute atomic E-state index is 0.0501. The van der Waals surface area contributed by atoms with Crippen LogP contribution in [0.3, 0.4) is 0 Å². The molecule has 4 saturated carbocycles. The molecule has 6 rings (SSSR count). The molecular formula is C25H28N2O4. The molecule has 0 spiro atoms. The van der Waals surface area contributed by atoms with E-state index in [0.29, 0.717) is 11.5 Å². The first kappa shape index (κ1) is 20.1. The number of benzene rings is 2. The van der Waals surface area contributed by atoms with Gasteiger partial charge >= 0.3 is 12.1 Å². The zero-order chi connectivity index (χ0) is 21.4. The van der Waals surface area contributed by atoms with E-state index >= 15 is 0 Å². The minimum atomic E-state index is -1.14. The number of hydrogen-bond acceptors (Lipinski definition) is 5. The Morgan fingerprint density at radius 3 is 2.32 bits per heavy atom. The fourth-order valence-corrected chi connectivity index (χ4v) is 6.80. The molecule has 4 aliphatic carbocycles. The highest BCUT2D eigenvalue weighted by Crippen LogP contribution is 2.62. The smallest absolute Gasteiger partial charge is 0.332 e. The predicted molar refractivity (Wildman–Crippen MR) is 115 cm³/mol. The molecule has 4 fully saturated rings. The molecule has 3 atom stereocenters. The topological polar surface area (TPSA) is 90.7 Å². The van der Waals surface area contributed by atoms with Gasteiger partial charge in [0.2, 0.25) is 0 Å². The first-order valence-corrected chi connectivity index (χ1v) is 11.1. The number of primary amides is 1. The molecule has 0 heterocycles. The average molecular weight is 421 g/mol. The summed E-state index contributed by atoms with van der Waals surface area (Å²) in [4.78, 5) is 32.6. The standard InChI is InChI=1S/C25H28N2O4/c26-24(29)31-30-23(28)21-9-5-4-8-20(21)22-19-11-17-10-18(12-19)14-25(22,13-17)27-15-16-6-2-1-3-7-16/h1-9,17-19,22,27H,10-15H2,(H2,26,29). The van der Waals surface area contributed by atoms with Crippen LogP contribution in [-0.4, -0.2) is 17.6 Å². The van der Waals surface area contributed by atoms with Gasteiger partial charge in [-0.05, 0) is 67.1 Å². The third-order valence-electron chi connectivity index (χ3n) is 7.51. The molecule has 4 aliphatic rings. The zero-order valence-electron chi connectivity index (χ0n) is 17.5. The van der Waals surface area contributed by atoms with Crippen LogP contribution in [0.15, 0.2) is 54.6 Å². The van der Waals surface area contributed by atoms with Gasteiger partial charge < -0.3 is 11.1 Å². The van der Waals surface area contributed by atoms with Gasteiger partial charge in [0.25, 0.3) is 0 Å². The van der Waals surface area contributed by atoms with Crippen LogP contribution < -0.4 is 11.1 Å². The highest BCUT2D eigenvalue weighted by atomic mass is 17.2. The quantitative estimate of drug-likeness (QED) is 0.556. The molecule has 6 heteroatoms. The number of amides is 1. The zero-order valence-corrected chi connectivity index (χ0v) is 17.5. The van der Waals surface area contributed by atoms with Crippen LogP contribution in [0.25, 0.3) is 0 Å². The second-order valence-electron chi connectivity index (χ2n) is 9.44. The molecule has 4 bridgehead atoms. The number of carbonyl (C=O) groups is 2. The van der Waals surface area contributed by atoms with E-state index in [4.69, 9.17) is 10.6 Å². The Labute approximate surface area is 182 Å². The number of rotatable bonds is 5. The van der Waals surface area contributed by atoms with Crippen molar-refractivity contribution in [3.8, 4) is 0 Å². The Bertz CT molecular complexity index is 962. The van der Waals surface area contributed by atoms with Gasteiger partial charge in [0.1, 0.15) is 0 Å². The van der Waals surface area contributed by atoms with E-state index in [0.717, 1.165) is 36.8 Å². The second kappa shape index (κ2) is 8.00. The molecule has 31 heavy (non-hydrogen) atoms. The van der Waals surface area contributed by atoms with Gasteiger partial charge in [0, 0.05) is 18.0 Å². The number of carbonyl (C=O) groups excluding carboxylic acids is 2. The highest BCUT2D eigenvalue weighted by Gasteiger charge is 2.57. The largest absolute Gasteiger partial charge is 0.447 e. The van der Waals surface area contributed by atoms with Crippen molar-refractivity contribution < 1.29 is 19.4 Å². The van der Waals surface area contributed by atoms with Crippen LogP contribution in [-0.2, 0) is 16.3 Å². The maximum Gasteiger partial charge on any atom is 0.447 e. The molecule has 0 aliphatic heterocycles. The molecule has 3 N–H and O–H groups in total. The summed E-state index contributed by atoms with van der Waals surface area (Å²) >= 11 is 0. The Morgan fingerprint density at radius 1 is 0.935 bits per heavy atom. The Hall–Kier alpha value is -2.86. The predicted octanol–water partition coefficient (Wildman–Crippen LogP) is 4.31. The molecule has 0 radical (unpaired) electrons. The van der Waals surface area contributed by atoms with Crippen molar-refractivity contribution >= 4 is 12.1 Å². The van der Waals surface area contributed by atoms with Crippen LogP contribution >= 0.6 is 0 Å². The maximum atomic E-state index is 12.7. The van der Waals surface area contributed by atoms with E-state index in [2.05, 4.69) is 34.5 Å². The SMILES string of the molecule is NC(=O)OOC(=O)c1ccccc1C1C2CC3CC(C2)CC1(NCc1ccccc1)C3. The van der Waals surface area contributed by atoms with Gasteiger partial charge in [-0.15, -0.1) is 0 Å². The van der Waals surface area contributed by atoms with E-state index in [1.165, 1.54) is 24.8 Å². The maximum absolute atomic E-state index is 12.7. The Kier molecular flexibility index (Phi) is 5.18. The van der Waals surface area contributed by atoms with Crippen molar-refractivity contribution in [1.29, 1.82) is 0 Å². The first-order chi connectivity index (χ1) is 15.0. The molecule has 1 amide bonds. The van der Waals surface area contributed by atoms with Crippen LogP contribution in [0.1, 0.15) is 59.5 Å². The van der Waals surface area contributed by atoms with E-state index in [-0.39, 0.29) is 11.5 Å². The molecule has 3 unspecified atom stereocenters. The average Bonchev–Trinajstić information content (AvgIpc) is 2.76. The lowest BCUT2D eigenvalue weighted by atomic mass is 9.47. The summed E-state index contributed by atoms with van der Waals surface area (Å²) < 4.78 is 0. The summed E-state index contributed by atoms with van der Waals surface area (Å²) in [5.41, 5.74) is 7.60. The lowest BCUT2D eigenvalue weighted by Crippen LogP contribution is -2.62. The lowest BCUT2D eigenvalue weighted by Gasteiger charge is -2.62. The summed E-state index contributed by atoms with van der Waals surface area (Å²) in [5.74, 6) is 1.55. The van der Waals surface area contributed by atoms with Gasteiger partial charge in [0.15, 0.2) is 0 Å². The van der Waals surface area contributed by atoms with Crippen molar-refractivity contribution in [3.05, 3.63) is 71.3 Å². The van der Waals surface area contributed by atoms with Gasteiger partial charge in [-0.2, -0.15) is 0 Å². The third-order valence-corrected chi connectivity index (χ3v) is 7.51. The molecule has 0 aromatic heterocycles. The fourth-order valence-electron chi connectivity index (χ4n) is 6.80. The lowest BCUT2D eigenvalue weighted by molar-refractivity contribution is -0.180. The van der Waals surface area contributed by atoms with E-state index in [1.807, 2.05) is 24.3 Å². The second-order valence-corrected chi connectivity index (χ2v) is 9.44. The minimum Gasteiger partial charge on any atom is -0.332 e. The van der Waals surface area contributed by atoms with Gasteiger partial charge in [-0.25, -0.2) is 19.4 Å². The van der Waals surface area contributed by atoms with E-state index in [1.54, 1.807) is 6.07 Å². The monoisotopic (exact) mass is 420 g/mol. The van der Waals surface area contributed by atoms with Crippen LogP contribution in [0, 0.1) is 17.8 Å². The van der Waals surface area contributed by atoms with Crippen molar-refractivity contribution in [1.82, 2.24) is 5.32 Å². The number of nitrogens with one attached hydrogen (secondary N) is 1. The van der Waals surface area contributed by atoms with Crippen molar-refractivity contribution in [2.75, 3.05) is 0 Å². The summed E-state index contributed by atoms with van der Waals surface area (Å²) in [6, 6.07) is 18.0. The van der Waals surface area contributed by atoms with Gasteiger partial charge in [0.05, 0.1) is 5.56 Å². The summed E-state index contributed by atoms with van der Waals surface area (Å²) in [7, 11) is 0. The summed E-state index contributed by atoms with van der Waals surface area (Å²) in [6.07, 6.45) is 4.85. The molecular weight excluding hydrogens is 392 g/mol. The number of hydrogen-bond donors (Lipinski definition) is 2. The summed E-state index contributed by atoms with van der Waals surface area (Å²) in [6.45, 7) is 0.806. The fraction of sp³-hybridized carbons (Fsp3) is 0.440. The molecule has 6 nitrogen and oxygen atoms in total. The third kappa shape index (κ3) is 3.81. The van der Waals surface area contributed by atoms with Crippen molar-refractivity contribution in [2.24, 2.45) is 23.5 Å². The van der Waals surface area contributed by atoms with Gasteiger partial charge in [-0.3, -0.25) is 0 Å².